The van der Waals surface area contributed by atoms with Gasteiger partial charge < -0.3 is 18.8 Å². The standard InChI is InChI=1S/C31H54N3O7P/c1-6-39-42(38,40-7-2)22-28(35)34-27-21-32(20-24-16-12-9-13-17-24)29(36)25(19-31(3,4)5)33(27)30(37)26(41-34)18-23-14-10-8-11-15-23/h23-27H,6-22H2,1-5H3/t25-,26+,27-/m0/s1. The maximum absolute atomic E-state index is 14.2. The van der Waals surface area contributed by atoms with Gasteiger partial charge in [0.15, 0.2) is 12.3 Å². The molecule has 2 saturated heterocycles. The summed E-state index contributed by atoms with van der Waals surface area (Å²) < 4.78 is 24.3. The number of rotatable bonds is 11. The molecule has 2 aliphatic heterocycles. The van der Waals surface area contributed by atoms with E-state index in [4.69, 9.17) is 13.9 Å². The Hall–Kier alpha value is -1.48. The van der Waals surface area contributed by atoms with Gasteiger partial charge in [-0.05, 0) is 56.8 Å². The number of carbonyl (C=O) groups excluding carboxylic acids is 3. The van der Waals surface area contributed by atoms with Crippen LogP contribution < -0.4 is 0 Å². The summed E-state index contributed by atoms with van der Waals surface area (Å²) in [6, 6.07) is -0.696. The molecule has 3 amide bonds. The summed E-state index contributed by atoms with van der Waals surface area (Å²) in [5, 5.41) is 1.26. The van der Waals surface area contributed by atoms with Gasteiger partial charge in [-0.15, -0.1) is 0 Å². The molecule has 2 aliphatic carbocycles. The lowest BCUT2D eigenvalue weighted by atomic mass is 9.83. The highest BCUT2D eigenvalue weighted by Crippen LogP contribution is 2.48. The molecule has 4 aliphatic rings. The molecule has 4 rings (SSSR count). The topological polar surface area (TPSA) is 106 Å². The predicted octanol–water partition coefficient (Wildman–Crippen LogP) is 5.75. The van der Waals surface area contributed by atoms with Gasteiger partial charge in [-0.3, -0.25) is 23.8 Å². The lowest BCUT2D eigenvalue weighted by Crippen LogP contribution is -2.74. The number of piperazine rings is 1. The number of amides is 3. The van der Waals surface area contributed by atoms with E-state index >= 15 is 0 Å². The van der Waals surface area contributed by atoms with E-state index in [0.29, 0.717) is 31.2 Å². The highest BCUT2D eigenvalue weighted by molar-refractivity contribution is 7.54. The molecule has 10 nitrogen and oxygen atoms in total. The molecule has 11 heteroatoms. The highest BCUT2D eigenvalue weighted by Gasteiger charge is 2.54. The molecule has 0 aromatic carbocycles. The summed E-state index contributed by atoms with van der Waals surface area (Å²) in [4.78, 5) is 52.1. The fourth-order valence-corrected chi connectivity index (χ4v) is 8.80. The molecule has 2 heterocycles. The van der Waals surface area contributed by atoms with Crippen molar-refractivity contribution >= 4 is 25.3 Å². The Labute approximate surface area is 252 Å². The summed E-state index contributed by atoms with van der Waals surface area (Å²) in [5.74, 6) is -0.0714. The number of fused-ring (bicyclic) bond motifs is 1. The fourth-order valence-electron chi connectivity index (χ4n) is 7.28. The Morgan fingerprint density at radius 1 is 0.905 bits per heavy atom. The van der Waals surface area contributed by atoms with Crippen molar-refractivity contribution < 1.29 is 32.8 Å². The molecule has 0 radical (unpaired) electrons. The Balaban J connectivity index is 1.68. The van der Waals surface area contributed by atoms with Crippen LogP contribution in [0.25, 0.3) is 0 Å². The van der Waals surface area contributed by atoms with Crippen LogP contribution >= 0.6 is 7.60 Å². The van der Waals surface area contributed by atoms with Gasteiger partial charge in [0.25, 0.3) is 11.8 Å². The van der Waals surface area contributed by atoms with Crippen molar-refractivity contribution in [3.63, 3.8) is 0 Å². The first kappa shape index (κ1) is 33.4. The predicted molar refractivity (Wildman–Crippen MR) is 160 cm³/mol. The minimum atomic E-state index is -3.72. The van der Waals surface area contributed by atoms with Gasteiger partial charge in [0, 0.05) is 6.54 Å². The van der Waals surface area contributed by atoms with Gasteiger partial charge in [-0.2, -0.15) is 5.06 Å². The molecule has 240 valence electrons. The summed E-state index contributed by atoms with van der Waals surface area (Å²) in [6.45, 7) is 10.7. The Kier molecular flexibility index (Phi) is 11.6. The zero-order chi connectivity index (χ0) is 30.5. The van der Waals surface area contributed by atoms with Gasteiger partial charge in [0.05, 0.1) is 19.8 Å². The second kappa shape index (κ2) is 14.5. The van der Waals surface area contributed by atoms with Crippen LogP contribution in [0.4, 0.5) is 0 Å². The number of nitrogens with zero attached hydrogens (tertiary/aromatic N) is 3. The van der Waals surface area contributed by atoms with Crippen LogP contribution in [0.3, 0.4) is 0 Å². The van der Waals surface area contributed by atoms with Crippen molar-refractivity contribution in [2.45, 2.75) is 130 Å². The van der Waals surface area contributed by atoms with Crippen molar-refractivity contribution in [1.29, 1.82) is 0 Å². The normalized spacial score (nSPS) is 27.0. The van der Waals surface area contributed by atoms with E-state index in [9.17, 15) is 18.9 Å². The number of carbonyl (C=O) groups is 3. The number of hydroxylamine groups is 2. The van der Waals surface area contributed by atoms with Crippen LogP contribution in [0.1, 0.15) is 112 Å². The SMILES string of the molecule is CCOP(=O)(CC(=O)N1O[C@H](CC2CCCCC2)C(=O)N2[C@@H]1CN(CC1CCCCC1)C(=O)[C@@H]2CC(C)(C)C)OCC. The molecule has 0 spiro atoms. The average molecular weight is 612 g/mol. The van der Waals surface area contributed by atoms with Gasteiger partial charge in [-0.25, -0.2) is 0 Å². The van der Waals surface area contributed by atoms with Crippen LogP contribution in [0.5, 0.6) is 0 Å². The number of hydrogen-bond donors (Lipinski definition) is 0. The molecule has 0 unspecified atom stereocenters. The van der Waals surface area contributed by atoms with Gasteiger partial charge in [0.1, 0.15) is 12.2 Å². The maximum atomic E-state index is 14.2. The Bertz CT molecular complexity index is 980. The lowest BCUT2D eigenvalue weighted by molar-refractivity contribution is -0.277. The van der Waals surface area contributed by atoms with Crippen LogP contribution in [0.15, 0.2) is 0 Å². The fraction of sp³-hybridized carbons (Fsp3) is 0.903. The Morgan fingerprint density at radius 3 is 2.02 bits per heavy atom. The van der Waals surface area contributed by atoms with Crippen molar-refractivity contribution in [2.75, 3.05) is 32.5 Å². The molecule has 0 aromatic rings. The molecule has 0 bridgehead atoms. The summed E-state index contributed by atoms with van der Waals surface area (Å²) in [7, 11) is -3.72. The first-order valence-corrected chi connectivity index (χ1v) is 18.2. The van der Waals surface area contributed by atoms with Gasteiger partial charge in [0.2, 0.25) is 5.91 Å². The van der Waals surface area contributed by atoms with Crippen LogP contribution in [0.2, 0.25) is 0 Å². The van der Waals surface area contributed by atoms with Gasteiger partial charge >= 0.3 is 7.60 Å². The van der Waals surface area contributed by atoms with E-state index in [0.717, 1.165) is 51.4 Å². The molecular weight excluding hydrogens is 557 g/mol. The summed E-state index contributed by atoms with van der Waals surface area (Å²) >= 11 is 0. The monoisotopic (exact) mass is 611 g/mol. The molecular formula is C31H54N3O7P. The molecule has 4 fully saturated rings. The highest BCUT2D eigenvalue weighted by atomic mass is 31.2. The first-order valence-electron chi connectivity index (χ1n) is 16.4. The minimum Gasteiger partial charge on any atom is -0.337 e. The third-order valence-corrected chi connectivity index (χ3v) is 11.1. The van der Waals surface area contributed by atoms with Gasteiger partial charge in [-0.1, -0.05) is 72.1 Å². The van der Waals surface area contributed by atoms with Crippen molar-refractivity contribution in [1.82, 2.24) is 14.9 Å². The Morgan fingerprint density at radius 2 is 1.48 bits per heavy atom. The van der Waals surface area contributed by atoms with Crippen molar-refractivity contribution in [3.8, 4) is 0 Å². The maximum Gasteiger partial charge on any atom is 0.340 e. The summed E-state index contributed by atoms with van der Waals surface area (Å²) in [5.41, 5.74) is -0.231. The van der Waals surface area contributed by atoms with E-state index in [2.05, 4.69) is 20.8 Å². The molecule has 3 atom stereocenters. The van der Waals surface area contributed by atoms with Crippen molar-refractivity contribution in [2.24, 2.45) is 17.3 Å². The third kappa shape index (κ3) is 8.36. The largest absolute Gasteiger partial charge is 0.340 e. The lowest BCUT2D eigenvalue weighted by Gasteiger charge is -2.54. The van der Waals surface area contributed by atoms with Crippen LogP contribution in [-0.2, 0) is 32.8 Å². The average Bonchev–Trinajstić information content (AvgIpc) is 2.93. The number of hydrogen-bond acceptors (Lipinski definition) is 7. The van der Waals surface area contributed by atoms with E-state index in [1.54, 1.807) is 18.7 Å². The zero-order valence-electron chi connectivity index (χ0n) is 26.6. The van der Waals surface area contributed by atoms with Crippen LogP contribution in [0, 0.1) is 17.3 Å². The third-order valence-electron chi connectivity index (χ3n) is 9.19. The first-order chi connectivity index (χ1) is 19.9. The van der Waals surface area contributed by atoms with E-state index in [1.807, 2.05) is 4.90 Å². The molecule has 42 heavy (non-hydrogen) atoms. The second-order valence-electron chi connectivity index (χ2n) is 13.9. The van der Waals surface area contributed by atoms with E-state index in [-0.39, 0.29) is 37.0 Å². The van der Waals surface area contributed by atoms with Crippen LogP contribution in [-0.4, -0.2) is 83.4 Å². The van der Waals surface area contributed by atoms with E-state index < -0.39 is 38.0 Å². The molecule has 0 aromatic heterocycles. The smallest absolute Gasteiger partial charge is 0.337 e. The molecule has 2 saturated carbocycles. The summed E-state index contributed by atoms with van der Waals surface area (Å²) in [6.07, 6.45) is 10.0. The molecule has 0 N–H and O–H groups in total. The quantitative estimate of drug-likeness (QED) is 0.274. The second-order valence-corrected chi connectivity index (χ2v) is 16.0. The minimum absolute atomic E-state index is 0.0416. The van der Waals surface area contributed by atoms with E-state index in [1.165, 1.54) is 17.9 Å². The van der Waals surface area contributed by atoms with Crippen molar-refractivity contribution in [3.05, 3.63) is 0 Å². The zero-order valence-corrected chi connectivity index (χ0v) is 27.4.